The molecule has 0 bridgehead atoms. The molecule has 4 nitrogen and oxygen atoms in total. The minimum Gasteiger partial charge on any atom is -0.299 e. The first kappa shape index (κ1) is 14.2. The minimum atomic E-state index is -3.78. The van der Waals surface area contributed by atoms with Crippen LogP contribution in [0, 0.1) is 12.3 Å². The van der Waals surface area contributed by atoms with Gasteiger partial charge >= 0.3 is 0 Å². The van der Waals surface area contributed by atoms with Gasteiger partial charge in [0.2, 0.25) is 0 Å². The van der Waals surface area contributed by atoms with E-state index >= 15 is 0 Å². The molecule has 0 amide bonds. The largest absolute Gasteiger partial charge is 0.299 e. The number of benzene rings is 1. The maximum atomic E-state index is 12.0. The molecule has 0 saturated heterocycles. The van der Waals surface area contributed by atoms with E-state index in [4.69, 9.17) is 4.18 Å². The molecule has 0 aliphatic heterocycles. The number of hydrogen-bond donors (Lipinski definition) is 0. The zero-order chi connectivity index (χ0) is 14.1. The number of ketones is 1. The molecule has 1 aromatic rings. The van der Waals surface area contributed by atoms with Crippen molar-refractivity contribution in [1.29, 1.82) is 0 Å². The minimum absolute atomic E-state index is 0.0674. The van der Waals surface area contributed by atoms with Gasteiger partial charge in [-0.25, -0.2) is 0 Å². The average Bonchev–Trinajstić information content (AvgIpc) is 2.69. The third-order valence-electron chi connectivity index (χ3n) is 3.65. The highest BCUT2D eigenvalue weighted by Crippen LogP contribution is 2.35. The molecule has 5 heteroatoms. The fraction of sp³-hybridized carbons (Fsp3) is 0.500. The van der Waals surface area contributed by atoms with E-state index in [0.29, 0.717) is 12.8 Å². The van der Waals surface area contributed by atoms with Crippen LogP contribution in [0.15, 0.2) is 29.2 Å². The van der Waals surface area contributed by atoms with E-state index < -0.39 is 15.5 Å². The second kappa shape index (κ2) is 5.06. The monoisotopic (exact) mass is 282 g/mol. The Labute approximate surface area is 113 Å². The summed E-state index contributed by atoms with van der Waals surface area (Å²) in [5, 5.41) is 0. The second-order valence-corrected chi connectivity index (χ2v) is 6.98. The topological polar surface area (TPSA) is 60.4 Å². The van der Waals surface area contributed by atoms with Crippen molar-refractivity contribution in [2.75, 3.05) is 6.61 Å². The van der Waals surface area contributed by atoms with Crippen LogP contribution in [0.5, 0.6) is 0 Å². The van der Waals surface area contributed by atoms with Gasteiger partial charge < -0.3 is 0 Å². The van der Waals surface area contributed by atoms with E-state index in [-0.39, 0.29) is 17.3 Å². The van der Waals surface area contributed by atoms with Crippen LogP contribution in [0.3, 0.4) is 0 Å². The van der Waals surface area contributed by atoms with Crippen LogP contribution in [-0.4, -0.2) is 20.8 Å². The maximum absolute atomic E-state index is 12.0. The third kappa shape index (κ3) is 3.04. The number of carbonyl (C=O) groups excluding carboxylic acids is 1. The summed E-state index contributed by atoms with van der Waals surface area (Å²) in [6.45, 7) is 3.59. The van der Waals surface area contributed by atoms with Gasteiger partial charge in [-0.3, -0.25) is 8.98 Å². The van der Waals surface area contributed by atoms with E-state index in [1.54, 1.807) is 19.1 Å². The van der Waals surface area contributed by atoms with Crippen molar-refractivity contribution in [3.63, 3.8) is 0 Å². The van der Waals surface area contributed by atoms with Crippen LogP contribution in [0.1, 0.15) is 31.7 Å². The molecular weight excluding hydrogens is 264 g/mol. The summed E-state index contributed by atoms with van der Waals surface area (Å²) < 4.78 is 29.1. The van der Waals surface area contributed by atoms with Crippen LogP contribution in [0.25, 0.3) is 0 Å². The third-order valence-corrected chi connectivity index (χ3v) is 4.93. The van der Waals surface area contributed by atoms with Crippen LogP contribution in [0.4, 0.5) is 0 Å². The summed E-state index contributed by atoms with van der Waals surface area (Å²) in [5.41, 5.74) is 0.328. The normalized spacial score (nSPS) is 23.8. The van der Waals surface area contributed by atoms with Crippen LogP contribution >= 0.6 is 0 Å². The molecular formula is C14H18O4S. The molecule has 1 aliphatic carbocycles. The quantitative estimate of drug-likeness (QED) is 0.796. The first-order chi connectivity index (χ1) is 8.83. The Balaban J connectivity index is 2.10. The van der Waals surface area contributed by atoms with E-state index in [9.17, 15) is 13.2 Å². The highest BCUT2D eigenvalue weighted by atomic mass is 32.2. The van der Waals surface area contributed by atoms with Crippen molar-refractivity contribution in [2.24, 2.45) is 5.41 Å². The van der Waals surface area contributed by atoms with Crippen LogP contribution < -0.4 is 0 Å². The highest BCUT2D eigenvalue weighted by molar-refractivity contribution is 7.86. The van der Waals surface area contributed by atoms with Crippen LogP contribution in [-0.2, 0) is 19.1 Å². The number of aryl methyl sites for hydroxylation is 1. The van der Waals surface area contributed by atoms with Crippen molar-refractivity contribution in [3.05, 3.63) is 29.8 Å². The number of hydrogen-bond acceptors (Lipinski definition) is 4. The SMILES string of the molecule is Cc1ccc(S(=O)(=O)OCC2(C)CCCC2=O)cc1. The van der Waals surface area contributed by atoms with Gasteiger partial charge in [-0.1, -0.05) is 24.6 Å². The molecule has 0 N–H and O–H groups in total. The standard InChI is InChI=1S/C14H18O4S/c1-11-5-7-12(8-6-11)19(16,17)18-10-14(2)9-3-4-13(14)15/h5-8H,3-4,9-10H2,1-2H3. The fourth-order valence-corrected chi connectivity index (χ4v) is 3.23. The van der Waals surface area contributed by atoms with Crippen molar-refractivity contribution >= 4 is 15.9 Å². The van der Waals surface area contributed by atoms with Gasteiger partial charge in [0, 0.05) is 6.42 Å². The highest BCUT2D eigenvalue weighted by Gasteiger charge is 2.39. The molecule has 0 radical (unpaired) electrons. The molecule has 0 heterocycles. The van der Waals surface area contributed by atoms with Crippen molar-refractivity contribution in [3.8, 4) is 0 Å². The molecule has 1 saturated carbocycles. The molecule has 19 heavy (non-hydrogen) atoms. The van der Waals surface area contributed by atoms with Crippen molar-refractivity contribution in [2.45, 2.75) is 38.0 Å². The lowest BCUT2D eigenvalue weighted by Gasteiger charge is -2.21. The lowest BCUT2D eigenvalue weighted by molar-refractivity contribution is -0.126. The first-order valence-electron chi connectivity index (χ1n) is 6.33. The summed E-state index contributed by atoms with van der Waals surface area (Å²) in [5.74, 6) is 0.0895. The van der Waals surface area contributed by atoms with Gasteiger partial charge in [0.25, 0.3) is 10.1 Å². The lowest BCUT2D eigenvalue weighted by Crippen LogP contribution is -2.29. The van der Waals surface area contributed by atoms with E-state index in [1.807, 2.05) is 6.92 Å². The van der Waals surface area contributed by atoms with Gasteiger partial charge in [0.1, 0.15) is 5.78 Å². The predicted molar refractivity (Wildman–Crippen MR) is 71.3 cm³/mol. The predicted octanol–water partition coefficient (Wildman–Crippen LogP) is 2.46. The molecule has 1 atom stereocenters. The number of rotatable bonds is 4. The molecule has 0 spiro atoms. The maximum Gasteiger partial charge on any atom is 0.297 e. The zero-order valence-corrected chi connectivity index (χ0v) is 12.0. The van der Waals surface area contributed by atoms with E-state index in [0.717, 1.165) is 12.0 Å². The Morgan fingerprint density at radius 1 is 1.26 bits per heavy atom. The van der Waals surface area contributed by atoms with Gasteiger partial charge in [-0.2, -0.15) is 8.42 Å². The Hall–Kier alpha value is -1.20. The summed E-state index contributed by atoms with van der Waals surface area (Å²) in [4.78, 5) is 11.9. The number of Topliss-reactive ketones (excluding diaryl/α,β-unsaturated/α-hetero) is 1. The van der Waals surface area contributed by atoms with Crippen molar-refractivity contribution < 1.29 is 17.4 Å². The second-order valence-electron chi connectivity index (χ2n) is 5.37. The first-order valence-corrected chi connectivity index (χ1v) is 7.74. The molecule has 1 fully saturated rings. The molecule has 1 aliphatic rings. The Morgan fingerprint density at radius 3 is 2.42 bits per heavy atom. The Bertz CT molecular complexity index is 574. The molecule has 0 aromatic heterocycles. The molecule has 1 aromatic carbocycles. The van der Waals surface area contributed by atoms with Crippen molar-refractivity contribution in [1.82, 2.24) is 0 Å². The molecule has 2 rings (SSSR count). The van der Waals surface area contributed by atoms with Crippen LogP contribution in [0.2, 0.25) is 0 Å². The number of carbonyl (C=O) groups is 1. The summed E-state index contributed by atoms with van der Waals surface area (Å²) in [6, 6.07) is 6.48. The zero-order valence-electron chi connectivity index (χ0n) is 11.2. The lowest BCUT2D eigenvalue weighted by atomic mass is 9.89. The van der Waals surface area contributed by atoms with Gasteiger partial charge in [-0.05, 0) is 31.9 Å². The summed E-state index contributed by atoms with van der Waals surface area (Å²) in [6.07, 6.45) is 2.02. The fourth-order valence-electron chi connectivity index (χ4n) is 2.21. The Kier molecular flexibility index (Phi) is 3.78. The molecule has 1 unspecified atom stereocenters. The van der Waals surface area contributed by atoms with E-state index in [2.05, 4.69) is 0 Å². The Morgan fingerprint density at radius 2 is 1.89 bits per heavy atom. The molecule has 104 valence electrons. The van der Waals surface area contributed by atoms with Gasteiger partial charge in [-0.15, -0.1) is 0 Å². The summed E-state index contributed by atoms with van der Waals surface area (Å²) in [7, 11) is -3.78. The summed E-state index contributed by atoms with van der Waals surface area (Å²) >= 11 is 0. The van der Waals surface area contributed by atoms with Gasteiger partial charge in [0.05, 0.1) is 16.9 Å². The average molecular weight is 282 g/mol. The van der Waals surface area contributed by atoms with Gasteiger partial charge in [0.15, 0.2) is 0 Å². The smallest absolute Gasteiger partial charge is 0.297 e. The van der Waals surface area contributed by atoms with E-state index in [1.165, 1.54) is 12.1 Å².